The van der Waals surface area contributed by atoms with E-state index in [4.69, 9.17) is 21.1 Å². The molecule has 2 aromatic rings. The third-order valence-electron chi connectivity index (χ3n) is 5.01. The van der Waals surface area contributed by atoms with Gasteiger partial charge in [-0.3, -0.25) is 19.4 Å². The van der Waals surface area contributed by atoms with Crippen molar-refractivity contribution in [2.24, 2.45) is 10.3 Å². The monoisotopic (exact) mass is 461 g/mol. The molecule has 1 saturated heterocycles. The summed E-state index contributed by atoms with van der Waals surface area (Å²) in [5.41, 5.74) is 0.505. The van der Waals surface area contributed by atoms with Crippen LogP contribution in [0.15, 0.2) is 46.7 Å². The Bertz CT molecular complexity index is 1140. The van der Waals surface area contributed by atoms with Gasteiger partial charge in [0.2, 0.25) is 5.91 Å². The van der Waals surface area contributed by atoms with Crippen LogP contribution in [0.2, 0.25) is 5.02 Å². The molecule has 2 aromatic carbocycles. The van der Waals surface area contributed by atoms with Crippen molar-refractivity contribution < 1.29 is 28.2 Å². The number of halogens is 2. The van der Waals surface area contributed by atoms with Crippen LogP contribution in [0.5, 0.6) is 11.5 Å². The summed E-state index contributed by atoms with van der Waals surface area (Å²) >= 11 is 5.78. The molecule has 166 valence electrons. The molecule has 0 unspecified atom stereocenters. The van der Waals surface area contributed by atoms with Crippen molar-refractivity contribution in [3.05, 3.63) is 47.2 Å². The summed E-state index contributed by atoms with van der Waals surface area (Å²) in [4.78, 5) is 39.1. The van der Waals surface area contributed by atoms with Gasteiger partial charge in [0.15, 0.2) is 12.1 Å². The Morgan fingerprint density at radius 2 is 1.94 bits per heavy atom. The molecule has 2 aliphatic heterocycles. The molecule has 2 aliphatic rings. The second-order valence-corrected chi connectivity index (χ2v) is 7.32. The van der Waals surface area contributed by atoms with Crippen LogP contribution >= 0.6 is 11.6 Å². The highest BCUT2D eigenvalue weighted by atomic mass is 35.5. The molecule has 3 amide bonds. The molecule has 0 spiro atoms. The molecule has 0 radical (unpaired) electrons. The molecule has 0 aromatic heterocycles. The fraction of sp³-hybridized carbons (Fsp3) is 0.250. The van der Waals surface area contributed by atoms with Gasteiger partial charge in [-0.15, -0.1) is 0 Å². The average Bonchev–Trinajstić information content (AvgIpc) is 3.29. The maximum absolute atomic E-state index is 13.5. The van der Waals surface area contributed by atoms with E-state index in [-0.39, 0.29) is 17.3 Å². The zero-order valence-corrected chi connectivity index (χ0v) is 17.7. The van der Waals surface area contributed by atoms with E-state index < -0.39 is 35.6 Å². The van der Waals surface area contributed by atoms with Crippen LogP contribution in [-0.4, -0.2) is 55.6 Å². The minimum Gasteiger partial charge on any atom is -0.497 e. The Kier molecular flexibility index (Phi) is 5.66. The van der Waals surface area contributed by atoms with Crippen LogP contribution in [0.25, 0.3) is 0 Å². The van der Waals surface area contributed by atoms with Gasteiger partial charge in [0.1, 0.15) is 23.9 Å². The second-order valence-electron chi connectivity index (χ2n) is 6.92. The standard InChI is InChI=1S/C20H17ClFN5O5/c1-31-11-4-6-14(15(8-11)32-2)23-16(28)9-26-18-17(24-25-26)19(29)27(20(18)30)10-3-5-13(22)12(21)7-10/h3-8,17-18H,9H2,1-2H3,(H,23,28)/t17-,18+/m0/s1. The number of hydrogen-bond donors (Lipinski definition) is 1. The van der Waals surface area contributed by atoms with Crippen LogP contribution in [0.4, 0.5) is 15.8 Å². The molecule has 4 rings (SSSR count). The summed E-state index contributed by atoms with van der Waals surface area (Å²) in [7, 11) is 2.95. The zero-order valence-electron chi connectivity index (χ0n) is 16.9. The number of rotatable bonds is 6. The highest BCUT2D eigenvalue weighted by molar-refractivity contribution is 6.32. The number of amides is 3. The second kappa shape index (κ2) is 8.42. The molecular formula is C20H17ClFN5O5. The summed E-state index contributed by atoms with van der Waals surface area (Å²) < 4.78 is 23.8. The summed E-state index contributed by atoms with van der Waals surface area (Å²) in [6.07, 6.45) is 0. The third kappa shape index (κ3) is 3.71. The molecular weight excluding hydrogens is 445 g/mol. The van der Waals surface area contributed by atoms with Gasteiger partial charge in [-0.25, -0.2) is 9.29 Å². The van der Waals surface area contributed by atoms with Crippen molar-refractivity contribution in [1.29, 1.82) is 0 Å². The average molecular weight is 462 g/mol. The predicted octanol–water partition coefficient (Wildman–Crippen LogP) is 2.43. The molecule has 2 heterocycles. The Balaban J connectivity index is 1.49. The topological polar surface area (TPSA) is 113 Å². The molecule has 12 heteroatoms. The lowest BCUT2D eigenvalue weighted by atomic mass is 10.1. The first-order valence-electron chi connectivity index (χ1n) is 9.36. The van der Waals surface area contributed by atoms with Gasteiger partial charge in [-0.2, -0.15) is 5.11 Å². The highest BCUT2D eigenvalue weighted by Gasteiger charge is 2.55. The van der Waals surface area contributed by atoms with E-state index in [2.05, 4.69) is 15.7 Å². The van der Waals surface area contributed by atoms with Gasteiger partial charge in [-0.1, -0.05) is 16.8 Å². The highest BCUT2D eigenvalue weighted by Crippen LogP contribution is 2.34. The van der Waals surface area contributed by atoms with Gasteiger partial charge in [0.25, 0.3) is 11.8 Å². The maximum Gasteiger partial charge on any atom is 0.263 e. The van der Waals surface area contributed by atoms with Crippen LogP contribution in [0.1, 0.15) is 0 Å². The van der Waals surface area contributed by atoms with Gasteiger partial charge < -0.3 is 14.8 Å². The third-order valence-corrected chi connectivity index (χ3v) is 5.30. The number of imide groups is 1. The first kappa shape index (κ1) is 21.5. The lowest BCUT2D eigenvalue weighted by molar-refractivity contribution is -0.123. The number of anilines is 2. The number of nitrogens with zero attached hydrogens (tertiary/aromatic N) is 4. The Labute approximate surface area is 186 Å². The molecule has 0 saturated carbocycles. The molecule has 32 heavy (non-hydrogen) atoms. The summed E-state index contributed by atoms with van der Waals surface area (Å²) in [6.45, 7) is -0.336. The molecule has 0 bridgehead atoms. The Morgan fingerprint density at radius 3 is 2.62 bits per heavy atom. The van der Waals surface area contributed by atoms with Gasteiger partial charge >= 0.3 is 0 Å². The quantitative estimate of drug-likeness (QED) is 0.661. The molecule has 10 nitrogen and oxygen atoms in total. The minimum atomic E-state index is -1.10. The first-order valence-corrected chi connectivity index (χ1v) is 9.74. The van der Waals surface area contributed by atoms with E-state index in [1.807, 2.05) is 0 Å². The number of fused-ring (bicyclic) bond motifs is 1. The Hall–Kier alpha value is -3.73. The van der Waals surface area contributed by atoms with Crippen LogP contribution in [0, 0.1) is 5.82 Å². The molecule has 1 fully saturated rings. The lowest BCUT2D eigenvalue weighted by Gasteiger charge is -2.20. The van der Waals surface area contributed by atoms with Gasteiger partial charge in [0, 0.05) is 6.07 Å². The smallest absolute Gasteiger partial charge is 0.263 e. The number of carbonyl (C=O) groups is 3. The number of hydrogen-bond acceptors (Lipinski definition) is 8. The number of nitrogens with one attached hydrogen (secondary N) is 1. The lowest BCUT2D eigenvalue weighted by Crippen LogP contribution is -2.43. The summed E-state index contributed by atoms with van der Waals surface area (Å²) in [5, 5.41) is 11.3. The van der Waals surface area contributed by atoms with Crippen molar-refractivity contribution in [3.8, 4) is 11.5 Å². The van der Waals surface area contributed by atoms with E-state index in [1.54, 1.807) is 18.2 Å². The summed E-state index contributed by atoms with van der Waals surface area (Å²) in [6, 6.07) is 6.17. The maximum atomic E-state index is 13.5. The van der Waals surface area contributed by atoms with Crippen molar-refractivity contribution >= 4 is 40.7 Å². The van der Waals surface area contributed by atoms with Gasteiger partial charge in [-0.05, 0) is 30.3 Å². The first-order chi connectivity index (χ1) is 15.3. The van der Waals surface area contributed by atoms with Crippen LogP contribution < -0.4 is 19.7 Å². The van der Waals surface area contributed by atoms with Crippen molar-refractivity contribution in [2.45, 2.75) is 12.1 Å². The van der Waals surface area contributed by atoms with Gasteiger partial charge in [0.05, 0.1) is 30.6 Å². The number of ether oxygens (including phenoxy) is 2. The number of methoxy groups -OCH3 is 2. The largest absolute Gasteiger partial charge is 0.497 e. The van der Waals surface area contributed by atoms with Crippen molar-refractivity contribution in [2.75, 3.05) is 31.0 Å². The van der Waals surface area contributed by atoms with Crippen LogP contribution in [-0.2, 0) is 14.4 Å². The van der Waals surface area contributed by atoms with E-state index in [0.717, 1.165) is 16.0 Å². The fourth-order valence-electron chi connectivity index (χ4n) is 3.47. The van der Waals surface area contributed by atoms with Crippen molar-refractivity contribution in [1.82, 2.24) is 5.01 Å². The normalized spacial score (nSPS) is 19.4. The van der Waals surface area contributed by atoms with Crippen molar-refractivity contribution in [3.63, 3.8) is 0 Å². The molecule has 2 atom stereocenters. The number of carbonyl (C=O) groups excluding carboxylic acids is 3. The SMILES string of the molecule is COc1ccc(NC(=O)CN2N=N[C@@H]3C(=O)N(c4ccc(F)c(Cl)c4)C(=O)[C@@H]32)c(OC)c1. The minimum absolute atomic E-state index is 0.114. The summed E-state index contributed by atoms with van der Waals surface area (Å²) in [5.74, 6) is -1.52. The van der Waals surface area contributed by atoms with Crippen LogP contribution in [0.3, 0.4) is 0 Å². The van der Waals surface area contributed by atoms with E-state index in [1.165, 1.54) is 26.4 Å². The molecule has 0 aliphatic carbocycles. The van der Waals surface area contributed by atoms with E-state index in [9.17, 15) is 18.8 Å². The van der Waals surface area contributed by atoms with E-state index in [0.29, 0.717) is 17.2 Å². The Morgan fingerprint density at radius 1 is 1.16 bits per heavy atom. The fourth-order valence-corrected chi connectivity index (χ4v) is 3.65. The molecule has 1 N–H and O–H groups in total. The zero-order chi connectivity index (χ0) is 23.0. The van der Waals surface area contributed by atoms with E-state index >= 15 is 0 Å². The number of benzene rings is 2. The predicted molar refractivity (Wildman–Crippen MR) is 111 cm³/mol.